The van der Waals surface area contributed by atoms with Gasteiger partial charge in [0.1, 0.15) is 5.02 Å². The fraction of sp³-hybridized carbons (Fsp3) is 0.0625. The number of benzene rings is 2. The summed E-state index contributed by atoms with van der Waals surface area (Å²) in [5.41, 5.74) is 2.36. The third-order valence-corrected chi connectivity index (χ3v) is 4.96. The van der Waals surface area contributed by atoms with Crippen LogP contribution in [0.1, 0.15) is 11.1 Å². The van der Waals surface area contributed by atoms with Gasteiger partial charge in [0.25, 0.3) is 5.69 Å². The van der Waals surface area contributed by atoms with Gasteiger partial charge in [0, 0.05) is 21.9 Å². The first-order valence-corrected chi connectivity index (χ1v) is 9.20. The first-order valence-electron chi connectivity index (χ1n) is 7.04. The smallest absolute Gasteiger partial charge is 0.258 e. The summed E-state index contributed by atoms with van der Waals surface area (Å²) in [5.74, 6) is 0.725. The highest BCUT2D eigenvalue weighted by atomic mass is 79.9. The molecule has 1 heterocycles. The van der Waals surface area contributed by atoms with Gasteiger partial charge in [-0.1, -0.05) is 57.5 Å². The Morgan fingerprint density at radius 2 is 2.04 bits per heavy atom. The number of nitro benzene ring substituents is 1. The van der Waals surface area contributed by atoms with Crippen LogP contribution in [0.3, 0.4) is 0 Å². The van der Waals surface area contributed by atoms with Gasteiger partial charge in [0.15, 0.2) is 0 Å². The van der Waals surface area contributed by atoms with Crippen LogP contribution in [0.5, 0.6) is 0 Å². The van der Waals surface area contributed by atoms with Crippen LogP contribution in [0.25, 0.3) is 0 Å². The molecular weight excluding hydrogens is 428 g/mol. The molecule has 0 fully saturated rings. The molecule has 0 N–H and O–H groups in total. The largest absolute Gasteiger partial charge is 0.288 e. The second-order valence-electron chi connectivity index (χ2n) is 4.95. The van der Waals surface area contributed by atoms with E-state index in [4.69, 9.17) is 11.6 Å². The van der Waals surface area contributed by atoms with Crippen molar-refractivity contribution in [3.05, 3.63) is 73.2 Å². The summed E-state index contributed by atoms with van der Waals surface area (Å²) < 4.78 is 1.01. The van der Waals surface area contributed by atoms with Gasteiger partial charge in [-0.05, 0) is 23.8 Å². The molecule has 9 heteroatoms. The van der Waals surface area contributed by atoms with Crippen molar-refractivity contribution in [1.29, 1.82) is 0 Å². The maximum absolute atomic E-state index is 10.9. The van der Waals surface area contributed by atoms with Crippen LogP contribution in [0.15, 0.2) is 62.1 Å². The minimum Gasteiger partial charge on any atom is -0.258 e. The number of halogens is 2. The Morgan fingerprint density at radius 3 is 2.76 bits per heavy atom. The Kier molecular flexibility index (Phi) is 5.62. The molecule has 2 aromatic carbocycles. The van der Waals surface area contributed by atoms with Crippen LogP contribution in [0.4, 0.5) is 5.69 Å². The van der Waals surface area contributed by atoms with Gasteiger partial charge in [-0.2, -0.15) is 5.10 Å². The van der Waals surface area contributed by atoms with E-state index in [1.54, 1.807) is 6.07 Å². The predicted octanol–water partition coefficient (Wildman–Crippen LogP) is 4.94. The Labute approximate surface area is 161 Å². The zero-order valence-electron chi connectivity index (χ0n) is 12.6. The van der Waals surface area contributed by atoms with Crippen molar-refractivity contribution in [3.63, 3.8) is 0 Å². The van der Waals surface area contributed by atoms with E-state index in [-0.39, 0.29) is 10.7 Å². The van der Waals surface area contributed by atoms with E-state index in [1.807, 2.05) is 24.3 Å². The summed E-state index contributed by atoms with van der Waals surface area (Å²) in [7, 11) is 0. The quantitative estimate of drug-likeness (QED) is 0.386. The zero-order chi connectivity index (χ0) is 17.8. The Hall–Kier alpha value is -2.03. The standard InChI is InChI=1S/C16H10BrClN4O2S/c17-12-4-2-11(3-5-12)14-9-25-16(20-14)21-19-8-10-1-6-13(18)15(7-10)22(23)24/h1-8H,9H2. The van der Waals surface area contributed by atoms with Crippen LogP contribution in [0, 0.1) is 10.1 Å². The topological polar surface area (TPSA) is 80.2 Å². The number of nitro groups is 1. The van der Waals surface area contributed by atoms with Crippen molar-refractivity contribution in [2.75, 3.05) is 5.75 Å². The second kappa shape index (κ2) is 7.90. The van der Waals surface area contributed by atoms with Gasteiger partial charge in [0.05, 0.1) is 16.8 Å². The van der Waals surface area contributed by atoms with Crippen molar-refractivity contribution in [1.82, 2.24) is 0 Å². The van der Waals surface area contributed by atoms with E-state index in [2.05, 4.69) is 31.1 Å². The molecule has 0 radical (unpaired) electrons. The van der Waals surface area contributed by atoms with Gasteiger partial charge in [-0.3, -0.25) is 10.1 Å². The number of rotatable bonds is 4. The van der Waals surface area contributed by atoms with Crippen molar-refractivity contribution in [2.45, 2.75) is 0 Å². The Balaban J connectivity index is 1.74. The average Bonchev–Trinajstić information content (AvgIpc) is 3.05. The van der Waals surface area contributed by atoms with E-state index in [0.29, 0.717) is 10.7 Å². The van der Waals surface area contributed by atoms with E-state index in [0.717, 1.165) is 21.5 Å². The second-order valence-corrected chi connectivity index (χ2v) is 7.21. The van der Waals surface area contributed by atoms with Crippen LogP contribution in [0.2, 0.25) is 5.02 Å². The molecule has 0 aliphatic carbocycles. The number of hydrogen-bond acceptors (Lipinski definition) is 5. The lowest BCUT2D eigenvalue weighted by Crippen LogP contribution is -1.98. The molecule has 0 unspecified atom stereocenters. The van der Waals surface area contributed by atoms with Crippen molar-refractivity contribution in [3.8, 4) is 0 Å². The molecule has 6 nitrogen and oxygen atoms in total. The molecule has 2 aromatic rings. The fourth-order valence-electron chi connectivity index (χ4n) is 2.05. The van der Waals surface area contributed by atoms with E-state index in [9.17, 15) is 10.1 Å². The zero-order valence-corrected chi connectivity index (χ0v) is 15.8. The van der Waals surface area contributed by atoms with Crippen LogP contribution >= 0.6 is 39.3 Å². The fourth-order valence-corrected chi connectivity index (χ4v) is 3.28. The van der Waals surface area contributed by atoms with Gasteiger partial charge in [-0.15, -0.1) is 5.10 Å². The lowest BCUT2D eigenvalue weighted by molar-refractivity contribution is -0.384. The number of hydrogen-bond donors (Lipinski definition) is 0. The molecule has 0 atom stereocenters. The van der Waals surface area contributed by atoms with E-state index < -0.39 is 4.92 Å². The summed E-state index contributed by atoms with van der Waals surface area (Å²) in [6.45, 7) is 0. The number of aliphatic imine (C=N–C) groups is 1. The summed E-state index contributed by atoms with van der Waals surface area (Å²) in [6, 6.07) is 12.3. The Morgan fingerprint density at radius 1 is 1.28 bits per heavy atom. The molecule has 0 bridgehead atoms. The maximum Gasteiger partial charge on any atom is 0.288 e. The summed E-state index contributed by atoms with van der Waals surface area (Å²) in [5, 5.41) is 19.5. The normalized spacial score (nSPS) is 15.8. The first-order chi connectivity index (χ1) is 12.0. The third kappa shape index (κ3) is 4.53. The molecule has 126 valence electrons. The van der Waals surface area contributed by atoms with Crippen LogP contribution < -0.4 is 0 Å². The van der Waals surface area contributed by atoms with Crippen LogP contribution in [-0.2, 0) is 0 Å². The average molecular weight is 438 g/mol. The molecule has 0 amide bonds. The first kappa shape index (κ1) is 17.8. The van der Waals surface area contributed by atoms with Gasteiger partial charge >= 0.3 is 0 Å². The lowest BCUT2D eigenvalue weighted by atomic mass is 10.1. The molecular formula is C16H10BrClN4O2S. The maximum atomic E-state index is 10.9. The molecule has 1 aliphatic rings. The predicted molar refractivity (Wildman–Crippen MR) is 106 cm³/mol. The molecule has 0 aromatic heterocycles. The molecule has 3 rings (SSSR count). The van der Waals surface area contributed by atoms with E-state index in [1.165, 1.54) is 30.1 Å². The molecule has 1 aliphatic heterocycles. The number of thioether (sulfide) groups is 1. The van der Waals surface area contributed by atoms with Gasteiger partial charge < -0.3 is 0 Å². The summed E-state index contributed by atoms with van der Waals surface area (Å²) in [4.78, 5) is 14.8. The highest BCUT2D eigenvalue weighted by Gasteiger charge is 2.15. The van der Waals surface area contributed by atoms with Gasteiger partial charge in [-0.25, -0.2) is 4.99 Å². The number of amidine groups is 1. The van der Waals surface area contributed by atoms with E-state index >= 15 is 0 Å². The minimum atomic E-state index is -0.535. The molecule has 0 spiro atoms. The summed E-state index contributed by atoms with van der Waals surface area (Å²) >= 11 is 10.7. The van der Waals surface area contributed by atoms with Gasteiger partial charge in [0.2, 0.25) is 5.17 Å². The molecule has 25 heavy (non-hydrogen) atoms. The van der Waals surface area contributed by atoms with Crippen molar-refractivity contribution < 1.29 is 4.92 Å². The lowest BCUT2D eigenvalue weighted by Gasteiger charge is -1.98. The van der Waals surface area contributed by atoms with Crippen LogP contribution in [-0.4, -0.2) is 27.8 Å². The SMILES string of the molecule is O=[N+]([O-])c1cc(C=NN=C2N=C(c3ccc(Br)cc3)CS2)ccc1Cl. The summed E-state index contributed by atoms with van der Waals surface area (Å²) in [6.07, 6.45) is 1.43. The third-order valence-electron chi connectivity index (χ3n) is 3.26. The molecule has 0 saturated heterocycles. The Bertz CT molecular complexity index is 913. The minimum absolute atomic E-state index is 0.0866. The monoisotopic (exact) mass is 436 g/mol. The van der Waals surface area contributed by atoms with Crippen molar-refractivity contribution >= 4 is 62.1 Å². The number of nitrogens with zero attached hydrogens (tertiary/aromatic N) is 4. The highest BCUT2D eigenvalue weighted by Crippen LogP contribution is 2.24. The highest BCUT2D eigenvalue weighted by molar-refractivity contribution is 9.10. The van der Waals surface area contributed by atoms with Crippen molar-refractivity contribution in [2.24, 2.45) is 15.2 Å². The molecule has 0 saturated carbocycles.